The molecule has 2 aliphatic heterocycles. The van der Waals surface area contributed by atoms with Gasteiger partial charge in [-0.05, 0) is 87.2 Å². The van der Waals surface area contributed by atoms with Gasteiger partial charge in [-0.1, -0.05) is 29.8 Å². The maximum Gasteiger partial charge on any atom is 0.573 e. The summed E-state index contributed by atoms with van der Waals surface area (Å²) < 4.78 is 44.1. The minimum absolute atomic E-state index is 0.0174. The van der Waals surface area contributed by atoms with Crippen LogP contribution in [0.3, 0.4) is 0 Å². The van der Waals surface area contributed by atoms with Crippen LogP contribution in [0.2, 0.25) is 0 Å². The first-order valence-corrected chi connectivity index (χ1v) is 15.4. The molecule has 4 aliphatic rings. The van der Waals surface area contributed by atoms with Gasteiger partial charge in [-0.2, -0.15) is 0 Å². The van der Waals surface area contributed by atoms with Gasteiger partial charge in [-0.25, -0.2) is 4.90 Å². The van der Waals surface area contributed by atoms with Gasteiger partial charge in [0.05, 0.1) is 34.5 Å². The predicted octanol–water partition coefficient (Wildman–Crippen LogP) is 5.93. The number of allylic oxidation sites excluding steroid dienone is 2. The van der Waals surface area contributed by atoms with Crippen LogP contribution >= 0.6 is 0 Å². The van der Waals surface area contributed by atoms with Gasteiger partial charge in [0.15, 0.2) is 5.78 Å². The fourth-order valence-corrected chi connectivity index (χ4v) is 8.24. The van der Waals surface area contributed by atoms with Crippen LogP contribution in [0.5, 0.6) is 11.5 Å². The number of hydrogen-bond acceptors (Lipinski definition) is 7. The van der Waals surface area contributed by atoms with Crippen molar-refractivity contribution >= 4 is 40.8 Å². The normalized spacial score (nSPS) is 28.2. The van der Waals surface area contributed by atoms with Crippen molar-refractivity contribution in [1.29, 1.82) is 0 Å². The number of fused-ring (bicyclic) bond motifs is 4. The number of phenols is 1. The molecular formula is C36H29F3N2O7. The molecule has 2 aliphatic carbocycles. The lowest BCUT2D eigenvalue weighted by atomic mass is 9.51. The minimum Gasteiger partial charge on any atom is -0.508 e. The second-order valence-corrected chi connectivity index (χ2v) is 12.9. The van der Waals surface area contributed by atoms with Crippen molar-refractivity contribution in [3.05, 3.63) is 95.6 Å². The Morgan fingerprint density at radius 2 is 1.54 bits per heavy atom. The molecular weight excluding hydrogens is 629 g/mol. The average molecular weight is 659 g/mol. The van der Waals surface area contributed by atoms with E-state index in [1.165, 1.54) is 31.2 Å². The third-order valence-corrected chi connectivity index (χ3v) is 10.4. The highest BCUT2D eigenvalue weighted by atomic mass is 19.4. The first-order chi connectivity index (χ1) is 22.7. The number of aromatic hydroxyl groups is 1. The number of carbonyl (C=O) groups is 5. The van der Waals surface area contributed by atoms with Crippen LogP contribution < -0.4 is 14.5 Å². The van der Waals surface area contributed by atoms with E-state index in [9.17, 15) is 42.3 Å². The number of para-hydroxylation sites is 1. The van der Waals surface area contributed by atoms with Crippen LogP contribution in [-0.4, -0.2) is 40.9 Å². The number of amides is 4. The number of halogens is 3. The third-order valence-electron chi connectivity index (χ3n) is 10.4. The number of rotatable bonds is 5. The summed E-state index contributed by atoms with van der Waals surface area (Å²) in [4.78, 5) is 70.6. The Bertz CT molecular complexity index is 1920. The highest BCUT2D eigenvalue weighted by molar-refractivity contribution is 6.25. The molecule has 3 aromatic rings. The largest absolute Gasteiger partial charge is 0.573 e. The lowest BCUT2D eigenvalue weighted by molar-refractivity contribution is -0.274. The van der Waals surface area contributed by atoms with Gasteiger partial charge in [-0.3, -0.25) is 28.9 Å². The van der Waals surface area contributed by atoms with Gasteiger partial charge in [0.2, 0.25) is 23.6 Å². The standard InChI is InChI=1S/C36H29F3N2O7/c1-18(42)19-8-10-21(11-9-19)40-31(44)24-14-13-23-25(29(24)33(40)46)17-27-32(45)41(20-6-4-3-5-7-20)34(47)35(27,2)30(23)26-16-22(12-15-28(26)43)48-36(37,38)39/h3-13,15-16,24-25,27,29-30,43H,14,17H2,1-2H3/t24-,25+,27-,29-,30+,35+/m0/s1. The molecule has 4 amide bonds. The monoisotopic (exact) mass is 658 g/mol. The van der Waals surface area contributed by atoms with E-state index in [1.54, 1.807) is 43.3 Å². The number of anilines is 2. The molecule has 48 heavy (non-hydrogen) atoms. The fourth-order valence-electron chi connectivity index (χ4n) is 8.24. The van der Waals surface area contributed by atoms with Crippen LogP contribution in [0.25, 0.3) is 0 Å². The number of benzene rings is 3. The summed E-state index contributed by atoms with van der Waals surface area (Å²) in [7, 11) is 0. The number of Topliss-reactive ketones (excluding diaryl/α,β-unsaturated/α-hetero) is 1. The number of alkyl halides is 3. The highest BCUT2D eigenvalue weighted by Crippen LogP contribution is 2.64. The quantitative estimate of drug-likeness (QED) is 0.205. The van der Waals surface area contributed by atoms with Crippen molar-refractivity contribution < 1.29 is 47.0 Å². The number of ketones is 1. The second-order valence-electron chi connectivity index (χ2n) is 12.9. The Balaban J connectivity index is 1.36. The number of ether oxygens (including phenoxy) is 1. The van der Waals surface area contributed by atoms with Crippen molar-refractivity contribution in [2.24, 2.45) is 29.1 Å². The van der Waals surface area contributed by atoms with Crippen molar-refractivity contribution in [3.8, 4) is 11.5 Å². The molecule has 2 saturated heterocycles. The molecule has 12 heteroatoms. The van der Waals surface area contributed by atoms with Gasteiger partial charge >= 0.3 is 6.36 Å². The highest BCUT2D eigenvalue weighted by Gasteiger charge is 2.68. The van der Waals surface area contributed by atoms with Crippen molar-refractivity contribution in [2.75, 3.05) is 9.80 Å². The molecule has 3 fully saturated rings. The van der Waals surface area contributed by atoms with Gasteiger partial charge in [0, 0.05) is 17.0 Å². The Morgan fingerprint density at radius 3 is 2.19 bits per heavy atom. The van der Waals surface area contributed by atoms with Gasteiger partial charge in [-0.15, -0.1) is 13.2 Å². The summed E-state index contributed by atoms with van der Waals surface area (Å²) in [5.41, 5.74) is -0.173. The molecule has 0 unspecified atom stereocenters. The van der Waals surface area contributed by atoms with Crippen molar-refractivity contribution in [3.63, 3.8) is 0 Å². The molecule has 6 atom stereocenters. The van der Waals surface area contributed by atoms with Gasteiger partial charge < -0.3 is 9.84 Å². The topological polar surface area (TPSA) is 121 Å². The first kappa shape index (κ1) is 31.3. The molecule has 3 aromatic carbocycles. The maximum absolute atomic E-state index is 14.4. The summed E-state index contributed by atoms with van der Waals surface area (Å²) >= 11 is 0. The van der Waals surface area contributed by atoms with E-state index in [1.807, 2.05) is 0 Å². The van der Waals surface area contributed by atoms with E-state index >= 15 is 0 Å². The van der Waals surface area contributed by atoms with E-state index in [0.717, 1.165) is 28.0 Å². The Kier molecular flexibility index (Phi) is 7.11. The average Bonchev–Trinajstić information content (AvgIpc) is 3.41. The van der Waals surface area contributed by atoms with E-state index in [0.29, 0.717) is 16.8 Å². The van der Waals surface area contributed by atoms with Crippen LogP contribution in [0.4, 0.5) is 24.5 Å². The van der Waals surface area contributed by atoms with Crippen LogP contribution in [0.1, 0.15) is 48.5 Å². The summed E-state index contributed by atoms with van der Waals surface area (Å²) in [6.45, 7) is 2.96. The minimum atomic E-state index is -5.04. The SMILES string of the molecule is CC(=O)c1ccc(N2C(=O)[C@H]3[C@H](CC=C4[C@H]3C[C@H]3C(=O)N(c5ccccc5)C(=O)[C@@]3(C)[C@H]4c3cc(OC(F)(F)F)ccc3O)C2=O)cc1. The molecule has 0 spiro atoms. The zero-order chi connectivity index (χ0) is 34.3. The molecule has 0 bridgehead atoms. The van der Waals surface area contributed by atoms with Crippen LogP contribution in [0.15, 0.2) is 84.4 Å². The maximum atomic E-state index is 14.4. The van der Waals surface area contributed by atoms with Gasteiger partial charge in [0.25, 0.3) is 0 Å². The summed E-state index contributed by atoms with van der Waals surface area (Å²) in [5, 5.41) is 11.2. The molecule has 2 heterocycles. The molecule has 0 radical (unpaired) electrons. The lowest BCUT2D eigenvalue weighted by Gasteiger charge is -2.49. The smallest absolute Gasteiger partial charge is 0.508 e. The molecule has 1 saturated carbocycles. The van der Waals surface area contributed by atoms with Crippen molar-refractivity contribution in [2.45, 2.75) is 39.0 Å². The number of hydrogen-bond donors (Lipinski definition) is 1. The molecule has 0 aromatic heterocycles. The van der Waals surface area contributed by atoms with Crippen LogP contribution in [-0.2, 0) is 19.2 Å². The molecule has 246 valence electrons. The number of phenolic OH excluding ortho intramolecular Hbond substituents is 1. The lowest BCUT2D eigenvalue weighted by Crippen LogP contribution is -2.49. The Morgan fingerprint density at radius 1 is 0.875 bits per heavy atom. The number of imide groups is 2. The molecule has 9 nitrogen and oxygen atoms in total. The Hall–Kier alpha value is -5.26. The number of carbonyl (C=O) groups excluding carboxylic acids is 5. The van der Waals surface area contributed by atoms with Gasteiger partial charge in [0.1, 0.15) is 11.5 Å². The van der Waals surface area contributed by atoms with Crippen LogP contribution in [0, 0.1) is 29.1 Å². The number of nitrogens with zero attached hydrogens (tertiary/aromatic N) is 2. The first-order valence-electron chi connectivity index (χ1n) is 15.4. The van der Waals surface area contributed by atoms with E-state index in [2.05, 4.69) is 4.74 Å². The summed E-state index contributed by atoms with van der Waals surface area (Å²) in [5.74, 6) is -8.04. The second kappa shape index (κ2) is 10.9. The molecule has 1 N–H and O–H groups in total. The summed E-state index contributed by atoms with van der Waals surface area (Å²) in [6.07, 6.45) is -3.21. The van der Waals surface area contributed by atoms with E-state index in [4.69, 9.17) is 0 Å². The van der Waals surface area contributed by atoms with Crippen molar-refractivity contribution in [1.82, 2.24) is 0 Å². The predicted molar refractivity (Wildman–Crippen MR) is 165 cm³/mol. The van der Waals surface area contributed by atoms with E-state index in [-0.39, 0.29) is 29.9 Å². The zero-order valence-corrected chi connectivity index (χ0v) is 25.7. The zero-order valence-electron chi connectivity index (χ0n) is 25.7. The third kappa shape index (κ3) is 4.64. The van der Waals surface area contributed by atoms with E-state index < -0.39 is 76.5 Å². The molecule has 7 rings (SSSR count). The fraction of sp³-hybridized carbons (Fsp3) is 0.306. The summed E-state index contributed by atoms with van der Waals surface area (Å²) in [6, 6.07) is 17.3. The Labute approximate surface area is 272 Å².